The number of pyridine rings is 1. The van der Waals surface area contributed by atoms with Gasteiger partial charge >= 0.3 is 0 Å². The number of nitrogens with two attached hydrogens (primary N) is 3. The number of hydrogen-bond donors (Lipinski definition) is 4. The molecular formula is C21H26N6O2. The molecule has 2 amide bonds. The summed E-state index contributed by atoms with van der Waals surface area (Å²) in [5.41, 5.74) is 21.2. The lowest BCUT2D eigenvalue weighted by Crippen LogP contribution is -2.42. The maximum absolute atomic E-state index is 12.5. The van der Waals surface area contributed by atoms with Crippen molar-refractivity contribution >= 4 is 23.2 Å². The van der Waals surface area contributed by atoms with E-state index in [1.165, 1.54) is 0 Å². The van der Waals surface area contributed by atoms with Gasteiger partial charge < -0.3 is 27.4 Å². The largest absolute Gasteiger partial charge is 0.398 e. The second-order valence-electron chi connectivity index (χ2n) is 6.96. The van der Waals surface area contributed by atoms with Gasteiger partial charge in [0.1, 0.15) is 5.70 Å². The summed E-state index contributed by atoms with van der Waals surface area (Å²) in [6.45, 7) is 3.98. The minimum Gasteiger partial charge on any atom is -0.398 e. The van der Waals surface area contributed by atoms with Gasteiger partial charge in [0, 0.05) is 54.4 Å². The van der Waals surface area contributed by atoms with E-state index in [0.717, 1.165) is 25.9 Å². The molecule has 0 bridgehead atoms. The lowest BCUT2D eigenvalue weighted by atomic mass is 9.98. The first kappa shape index (κ1) is 20.2. The van der Waals surface area contributed by atoms with Crippen LogP contribution in [-0.4, -0.2) is 41.3 Å². The molecule has 0 unspecified atom stereocenters. The van der Waals surface area contributed by atoms with Crippen molar-refractivity contribution in [2.75, 3.05) is 25.4 Å². The Morgan fingerprint density at radius 1 is 1.21 bits per heavy atom. The first-order valence-electron chi connectivity index (χ1n) is 9.61. The van der Waals surface area contributed by atoms with Crippen molar-refractivity contribution in [3.63, 3.8) is 0 Å². The molecule has 2 aromatic rings. The molecule has 0 spiro atoms. The van der Waals surface area contributed by atoms with Crippen LogP contribution in [-0.2, 0) is 4.79 Å². The minimum atomic E-state index is -0.432. The van der Waals surface area contributed by atoms with Crippen molar-refractivity contribution in [3.8, 4) is 11.1 Å². The van der Waals surface area contributed by atoms with Gasteiger partial charge in [0.05, 0.1) is 11.3 Å². The van der Waals surface area contributed by atoms with E-state index in [4.69, 9.17) is 17.2 Å². The summed E-state index contributed by atoms with van der Waals surface area (Å²) in [6, 6.07) is 7.06. The monoisotopic (exact) mass is 394 g/mol. The van der Waals surface area contributed by atoms with E-state index in [-0.39, 0.29) is 17.3 Å². The third-order valence-electron chi connectivity index (χ3n) is 4.91. The van der Waals surface area contributed by atoms with Crippen LogP contribution in [0.1, 0.15) is 35.7 Å². The zero-order chi connectivity index (χ0) is 21.0. The number of para-hydroxylation sites is 1. The Morgan fingerprint density at radius 3 is 2.62 bits per heavy atom. The van der Waals surface area contributed by atoms with Gasteiger partial charge in [0.2, 0.25) is 0 Å². The molecule has 1 aromatic heterocycles. The highest BCUT2D eigenvalue weighted by Gasteiger charge is 2.22. The van der Waals surface area contributed by atoms with Crippen molar-refractivity contribution in [2.24, 2.45) is 11.5 Å². The molecule has 152 valence electrons. The average molecular weight is 394 g/mol. The lowest BCUT2D eigenvalue weighted by Gasteiger charge is -2.30. The van der Waals surface area contributed by atoms with Crippen LogP contribution in [0.3, 0.4) is 0 Å². The first-order valence-corrected chi connectivity index (χ1v) is 9.61. The Hall–Kier alpha value is -3.55. The number of nitrogens with one attached hydrogen (secondary N) is 1. The van der Waals surface area contributed by atoms with Gasteiger partial charge in [0.15, 0.2) is 0 Å². The van der Waals surface area contributed by atoms with E-state index in [9.17, 15) is 9.59 Å². The molecule has 8 heteroatoms. The summed E-state index contributed by atoms with van der Waals surface area (Å²) in [5.74, 6) is -0.477. The third kappa shape index (κ3) is 4.16. The van der Waals surface area contributed by atoms with Crippen LogP contribution in [0.25, 0.3) is 16.8 Å². The molecule has 1 aliphatic heterocycles. The molecular weight excluding hydrogens is 368 g/mol. The highest BCUT2D eigenvalue weighted by molar-refractivity contribution is 6.02. The number of likely N-dealkylation sites (tertiary alicyclic amines) is 1. The van der Waals surface area contributed by atoms with Crippen LogP contribution in [0.15, 0.2) is 42.4 Å². The summed E-state index contributed by atoms with van der Waals surface area (Å²) < 4.78 is 0. The Bertz CT molecular complexity index is 965. The molecule has 3 rings (SSSR count). The van der Waals surface area contributed by atoms with Gasteiger partial charge in [-0.2, -0.15) is 0 Å². The maximum Gasteiger partial charge on any atom is 0.269 e. The molecule has 1 fully saturated rings. The Balaban J connectivity index is 1.95. The number of carbonyl (C=O) groups is 2. The Morgan fingerprint density at radius 2 is 1.97 bits per heavy atom. The Kier molecular flexibility index (Phi) is 6.01. The van der Waals surface area contributed by atoms with E-state index in [0.29, 0.717) is 34.5 Å². The third-order valence-corrected chi connectivity index (χ3v) is 4.91. The van der Waals surface area contributed by atoms with Gasteiger partial charge in [-0.05, 0) is 18.9 Å². The molecule has 1 aliphatic rings. The summed E-state index contributed by atoms with van der Waals surface area (Å²) in [6.07, 6.45) is 5.00. The van der Waals surface area contributed by atoms with Crippen LogP contribution >= 0.6 is 0 Å². The maximum atomic E-state index is 12.5. The number of anilines is 1. The van der Waals surface area contributed by atoms with Crippen LogP contribution < -0.4 is 22.5 Å². The first-order chi connectivity index (χ1) is 13.9. The SMILES string of the molecule is CCCNC(=O)/C(N)=C(\N)c1cccc(-c2cncc(C(=O)N3CCC3)c2)c1N. The van der Waals surface area contributed by atoms with Crippen LogP contribution in [0, 0.1) is 0 Å². The van der Waals surface area contributed by atoms with Gasteiger partial charge in [-0.1, -0.05) is 25.1 Å². The number of nitrogen functional groups attached to an aromatic ring is 1. The lowest BCUT2D eigenvalue weighted by molar-refractivity contribution is -0.117. The average Bonchev–Trinajstić information content (AvgIpc) is 2.69. The minimum absolute atomic E-state index is 0.0448. The molecule has 29 heavy (non-hydrogen) atoms. The van der Waals surface area contributed by atoms with Crippen molar-refractivity contribution in [1.82, 2.24) is 15.2 Å². The standard InChI is InChI=1S/C21H26N6O2/c1-2-7-26-20(28)19(24)18(23)16-6-3-5-15(17(16)22)13-10-14(12-25-11-13)21(29)27-8-4-9-27/h3,5-6,10-12H,2,4,7-9,22-24H2,1H3,(H,26,28)/b19-18+. The van der Waals surface area contributed by atoms with Gasteiger partial charge in [0.25, 0.3) is 11.8 Å². The van der Waals surface area contributed by atoms with Gasteiger partial charge in [-0.25, -0.2) is 0 Å². The van der Waals surface area contributed by atoms with E-state index >= 15 is 0 Å². The number of hydrogen-bond acceptors (Lipinski definition) is 6. The van der Waals surface area contributed by atoms with Crippen molar-refractivity contribution in [1.29, 1.82) is 0 Å². The summed E-state index contributed by atoms with van der Waals surface area (Å²) in [5, 5.41) is 2.70. The quantitative estimate of drug-likeness (QED) is 0.430. The smallest absolute Gasteiger partial charge is 0.269 e. The molecule has 0 aliphatic carbocycles. The van der Waals surface area contributed by atoms with Gasteiger partial charge in [-0.15, -0.1) is 0 Å². The van der Waals surface area contributed by atoms with Crippen LogP contribution in [0.4, 0.5) is 5.69 Å². The molecule has 0 saturated carbocycles. The van der Waals surface area contributed by atoms with Gasteiger partial charge in [-0.3, -0.25) is 14.6 Å². The van der Waals surface area contributed by atoms with Crippen molar-refractivity contribution < 1.29 is 9.59 Å². The van der Waals surface area contributed by atoms with E-state index in [1.54, 1.807) is 35.5 Å². The van der Waals surface area contributed by atoms with E-state index < -0.39 is 5.91 Å². The number of carbonyl (C=O) groups excluding carboxylic acids is 2. The van der Waals surface area contributed by atoms with E-state index in [2.05, 4.69) is 10.3 Å². The predicted octanol–water partition coefficient (Wildman–Crippen LogP) is 1.29. The molecule has 1 aromatic carbocycles. The topological polar surface area (TPSA) is 140 Å². The molecule has 2 heterocycles. The fourth-order valence-electron chi connectivity index (χ4n) is 3.06. The molecule has 7 N–H and O–H groups in total. The van der Waals surface area contributed by atoms with Crippen molar-refractivity contribution in [3.05, 3.63) is 53.5 Å². The fraction of sp³-hybridized carbons (Fsp3) is 0.286. The Labute approximate surface area is 169 Å². The number of aromatic nitrogens is 1. The fourth-order valence-corrected chi connectivity index (χ4v) is 3.06. The summed E-state index contributed by atoms with van der Waals surface area (Å²) in [7, 11) is 0. The molecule has 1 saturated heterocycles. The van der Waals surface area contributed by atoms with Crippen LogP contribution in [0.2, 0.25) is 0 Å². The summed E-state index contributed by atoms with van der Waals surface area (Å²) >= 11 is 0. The molecule has 0 atom stereocenters. The molecule has 0 radical (unpaired) electrons. The second kappa shape index (κ2) is 8.64. The number of rotatable bonds is 6. The number of benzene rings is 1. The second-order valence-corrected chi connectivity index (χ2v) is 6.96. The number of nitrogens with zero attached hydrogens (tertiary/aromatic N) is 2. The highest BCUT2D eigenvalue weighted by Crippen LogP contribution is 2.31. The van der Waals surface area contributed by atoms with Crippen LogP contribution in [0.5, 0.6) is 0 Å². The zero-order valence-corrected chi connectivity index (χ0v) is 16.4. The molecule has 8 nitrogen and oxygen atoms in total. The highest BCUT2D eigenvalue weighted by atomic mass is 16.2. The number of amides is 2. The predicted molar refractivity (Wildman–Crippen MR) is 113 cm³/mol. The van der Waals surface area contributed by atoms with Crippen molar-refractivity contribution in [2.45, 2.75) is 19.8 Å². The normalized spacial score (nSPS) is 14.0. The zero-order valence-electron chi connectivity index (χ0n) is 16.4. The van der Waals surface area contributed by atoms with E-state index in [1.807, 2.05) is 13.0 Å². The summed E-state index contributed by atoms with van der Waals surface area (Å²) in [4.78, 5) is 30.6.